The van der Waals surface area contributed by atoms with E-state index in [2.05, 4.69) is 20.6 Å². The number of nitrogens with one attached hydrogen (secondary N) is 2. The van der Waals surface area contributed by atoms with Crippen LogP contribution in [0.2, 0.25) is 0 Å². The van der Waals surface area contributed by atoms with Crippen LogP contribution in [0.25, 0.3) is 0 Å². The second kappa shape index (κ2) is 7.00. The van der Waals surface area contributed by atoms with Crippen LogP contribution in [0.1, 0.15) is 41.2 Å². The van der Waals surface area contributed by atoms with Crippen molar-refractivity contribution in [3.63, 3.8) is 0 Å². The first kappa shape index (κ1) is 17.5. The number of fused-ring (bicyclic) bond motifs is 1. The van der Waals surface area contributed by atoms with Crippen molar-refractivity contribution in [1.82, 2.24) is 20.0 Å². The fourth-order valence-electron chi connectivity index (χ4n) is 3.39. The van der Waals surface area contributed by atoms with Gasteiger partial charge in [0.25, 0.3) is 5.91 Å². The first-order valence-electron chi connectivity index (χ1n) is 9.08. The number of H-pyrrole nitrogens is 1. The Hall–Kier alpha value is -2.93. The van der Waals surface area contributed by atoms with E-state index in [1.54, 1.807) is 10.9 Å². The highest BCUT2D eigenvalue weighted by atomic mass is 16.5. The van der Waals surface area contributed by atoms with Crippen molar-refractivity contribution >= 4 is 11.6 Å². The molecule has 4 rings (SSSR count). The third-order valence-electron chi connectivity index (χ3n) is 4.69. The second-order valence-corrected chi connectivity index (χ2v) is 7.43. The summed E-state index contributed by atoms with van der Waals surface area (Å²) in [6.45, 7) is 5.32. The molecule has 3 heterocycles. The van der Waals surface area contributed by atoms with E-state index in [9.17, 15) is 4.79 Å². The molecule has 27 heavy (non-hydrogen) atoms. The van der Waals surface area contributed by atoms with Crippen molar-refractivity contribution in [3.8, 4) is 0 Å². The molecule has 2 aromatic heterocycles. The van der Waals surface area contributed by atoms with Crippen molar-refractivity contribution in [3.05, 3.63) is 65.2 Å². The number of aromatic nitrogens is 4. The molecule has 0 saturated carbocycles. The van der Waals surface area contributed by atoms with E-state index in [1.807, 2.05) is 50.4 Å². The lowest BCUT2D eigenvalue weighted by Crippen LogP contribution is -2.26. The molecule has 0 fully saturated rings. The number of carbonyl (C=O) groups is 1. The summed E-state index contributed by atoms with van der Waals surface area (Å²) >= 11 is 0. The minimum Gasteiger partial charge on any atom is -0.375 e. The molecule has 7 nitrogen and oxygen atoms in total. The van der Waals surface area contributed by atoms with Crippen LogP contribution in [0, 0.1) is 0 Å². The summed E-state index contributed by atoms with van der Waals surface area (Å²) in [6.07, 6.45) is 4.85. The molecule has 0 aliphatic carbocycles. The van der Waals surface area contributed by atoms with Gasteiger partial charge in [-0.15, -0.1) is 0 Å². The summed E-state index contributed by atoms with van der Waals surface area (Å²) in [5.41, 5.74) is 3.89. The van der Waals surface area contributed by atoms with Gasteiger partial charge >= 0.3 is 0 Å². The van der Waals surface area contributed by atoms with Crippen LogP contribution in [0.4, 0.5) is 5.69 Å². The standard InChI is InChI=1S/C20H23N5O2/c1-20(2)10-17-16(8-9-27-20)18(24-23-17)19(26)22-15-11-21-25(13-15)12-14-6-4-3-5-7-14/h3-7,11,13H,8-10,12H2,1-2H3,(H,22,26)(H,23,24). The molecule has 7 heteroatoms. The zero-order chi connectivity index (χ0) is 18.9. The number of hydrogen-bond acceptors (Lipinski definition) is 4. The van der Waals surface area contributed by atoms with E-state index in [4.69, 9.17) is 4.74 Å². The Morgan fingerprint density at radius 3 is 2.96 bits per heavy atom. The maximum Gasteiger partial charge on any atom is 0.276 e. The predicted octanol–water partition coefficient (Wildman–Crippen LogP) is 2.80. The lowest BCUT2D eigenvalue weighted by molar-refractivity contribution is -0.0110. The smallest absolute Gasteiger partial charge is 0.276 e. The van der Waals surface area contributed by atoms with Crippen molar-refractivity contribution in [2.45, 2.75) is 38.8 Å². The molecule has 0 unspecified atom stereocenters. The molecule has 2 N–H and O–H groups in total. The van der Waals surface area contributed by atoms with E-state index in [-0.39, 0.29) is 11.5 Å². The van der Waals surface area contributed by atoms with Gasteiger partial charge in [-0.1, -0.05) is 30.3 Å². The summed E-state index contributed by atoms with van der Waals surface area (Å²) in [6, 6.07) is 10.1. The Bertz CT molecular complexity index is 942. The Morgan fingerprint density at radius 2 is 2.15 bits per heavy atom. The highest BCUT2D eigenvalue weighted by Gasteiger charge is 2.29. The van der Waals surface area contributed by atoms with Gasteiger partial charge in [-0.2, -0.15) is 10.2 Å². The fourth-order valence-corrected chi connectivity index (χ4v) is 3.39. The Balaban J connectivity index is 1.47. The minimum absolute atomic E-state index is 0.230. The average Bonchev–Trinajstić information content (AvgIpc) is 3.19. The van der Waals surface area contributed by atoms with E-state index in [1.165, 1.54) is 0 Å². The van der Waals surface area contributed by atoms with Gasteiger partial charge in [0.1, 0.15) is 0 Å². The monoisotopic (exact) mass is 365 g/mol. The molecule has 0 radical (unpaired) electrons. The Morgan fingerprint density at radius 1 is 1.33 bits per heavy atom. The van der Waals surface area contributed by atoms with Gasteiger partial charge in [0.15, 0.2) is 5.69 Å². The number of hydrogen-bond donors (Lipinski definition) is 2. The molecule has 1 aliphatic rings. The van der Waals surface area contributed by atoms with Crippen molar-refractivity contribution in [1.29, 1.82) is 0 Å². The van der Waals surface area contributed by atoms with E-state index in [0.717, 1.165) is 16.8 Å². The SMILES string of the molecule is CC1(C)Cc2[nH]nc(C(=O)Nc3cnn(Cc4ccccc4)c3)c2CCO1. The van der Waals surface area contributed by atoms with Crippen LogP contribution >= 0.6 is 0 Å². The van der Waals surface area contributed by atoms with Crippen molar-refractivity contribution in [2.24, 2.45) is 0 Å². The summed E-state index contributed by atoms with van der Waals surface area (Å²) < 4.78 is 7.65. The number of rotatable bonds is 4. The molecular formula is C20H23N5O2. The second-order valence-electron chi connectivity index (χ2n) is 7.43. The van der Waals surface area contributed by atoms with Crippen LogP contribution in [0.5, 0.6) is 0 Å². The van der Waals surface area contributed by atoms with E-state index < -0.39 is 0 Å². The lowest BCUT2D eigenvalue weighted by atomic mass is 9.99. The van der Waals surface area contributed by atoms with Crippen molar-refractivity contribution < 1.29 is 9.53 Å². The molecule has 0 spiro atoms. The summed E-state index contributed by atoms with van der Waals surface area (Å²) in [7, 11) is 0. The van der Waals surface area contributed by atoms with Crippen molar-refractivity contribution in [2.75, 3.05) is 11.9 Å². The largest absolute Gasteiger partial charge is 0.375 e. The predicted molar refractivity (Wildman–Crippen MR) is 102 cm³/mol. The first-order chi connectivity index (χ1) is 13.0. The number of amides is 1. The summed E-state index contributed by atoms with van der Waals surface area (Å²) in [5.74, 6) is -0.230. The molecule has 0 saturated heterocycles. The highest BCUT2D eigenvalue weighted by molar-refractivity contribution is 6.03. The van der Waals surface area contributed by atoms with Crippen LogP contribution in [0.15, 0.2) is 42.7 Å². The number of carbonyl (C=O) groups excluding carboxylic acids is 1. The van der Waals surface area contributed by atoms with Gasteiger partial charge in [0.2, 0.25) is 0 Å². The number of anilines is 1. The maximum atomic E-state index is 12.7. The van der Waals surface area contributed by atoms with Gasteiger partial charge in [0, 0.05) is 23.9 Å². The molecule has 3 aromatic rings. The van der Waals surface area contributed by atoms with E-state index in [0.29, 0.717) is 37.4 Å². The Kier molecular flexibility index (Phi) is 4.53. The molecule has 140 valence electrons. The maximum absolute atomic E-state index is 12.7. The summed E-state index contributed by atoms with van der Waals surface area (Å²) in [5, 5.41) is 14.5. The zero-order valence-corrected chi connectivity index (χ0v) is 15.5. The zero-order valence-electron chi connectivity index (χ0n) is 15.5. The van der Waals surface area contributed by atoms with Gasteiger partial charge < -0.3 is 10.1 Å². The van der Waals surface area contributed by atoms with Gasteiger partial charge in [-0.25, -0.2) is 0 Å². The average molecular weight is 365 g/mol. The minimum atomic E-state index is -0.260. The number of nitrogens with zero attached hydrogens (tertiary/aromatic N) is 3. The third-order valence-corrected chi connectivity index (χ3v) is 4.69. The topological polar surface area (TPSA) is 84.8 Å². The van der Waals surface area contributed by atoms with Crippen LogP contribution in [0.3, 0.4) is 0 Å². The third kappa shape index (κ3) is 3.93. The van der Waals surface area contributed by atoms with Crippen LogP contribution in [-0.4, -0.2) is 38.1 Å². The molecule has 0 atom stereocenters. The van der Waals surface area contributed by atoms with Crippen LogP contribution < -0.4 is 5.32 Å². The molecule has 0 bridgehead atoms. The molecule has 1 amide bonds. The van der Waals surface area contributed by atoms with Gasteiger partial charge in [0.05, 0.1) is 30.6 Å². The molecular weight excluding hydrogens is 342 g/mol. The number of benzene rings is 1. The molecule has 1 aliphatic heterocycles. The van der Waals surface area contributed by atoms with E-state index >= 15 is 0 Å². The fraction of sp³-hybridized carbons (Fsp3) is 0.350. The lowest BCUT2D eigenvalue weighted by Gasteiger charge is -2.22. The van der Waals surface area contributed by atoms with Crippen LogP contribution in [-0.2, 0) is 24.1 Å². The first-order valence-corrected chi connectivity index (χ1v) is 9.08. The number of aromatic amines is 1. The quantitative estimate of drug-likeness (QED) is 0.744. The van der Waals surface area contributed by atoms with Gasteiger partial charge in [-0.3, -0.25) is 14.6 Å². The Labute approximate surface area is 157 Å². The highest BCUT2D eigenvalue weighted by Crippen LogP contribution is 2.25. The number of ether oxygens (including phenoxy) is 1. The normalized spacial score (nSPS) is 15.8. The molecule has 1 aromatic carbocycles. The summed E-state index contributed by atoms with van der Waals surface area (Å²) in [4.78, 5) is 12.7. The van der Waals surface area contributed by atoms with Gasteiger partial charge in [-0.05, 0) is 25.8 Å².